The molecule has 1 aromatic rings. The Bertz CT molecular complexity index is 590. The first-order chi connectivity index (χ1) is 11.1. The fourth-order valence-electron chi connectivity index (χ4n) is 3.49. The normalized spacial score (nSPS) is 22.3. The van der Waals surface area contributed by atoms with Crippen LogP contribution in [0.15, 0.2) is 24.3 Å². The predicted octanol–water partition coefficient (Wildman–Crippen LogP) is 3.06. The minimum absolute atomic E-state index is 0.0739. The third kappa shape index (κ3) is 4.05. The molecular weight excluding hydrogens is 312 g/mol. The van der Waals surface area contributed by atoms with Crippen molar-refractivity contribution in [2.24, 2.45) is 0 Å². The standard InChI is InChI=1S/C18H23ClN2O2/c19-16-6-4-5-14(11-16)15-8-10-21(12-15)18(23)13-20-9-3-1-2-7-17(20)22/h4-6,11,15H,1-3,7-10,12-13H2. The molecule has 1 aromatic carbocycles. The van der Waals surface area contributed by atoms with Gasteiger partial charge in [0.05, 0.1) is 6.54 Å². The van der Waals surface area contributed by atoms with Crippen LogP contribution < -0.4 is 0 Å². The Balaban J connectivity index is 1.58. The Hall–Kier alpha value is -1.55. The molecule has 5 heteroatoms. The molecule has 2 fully saturated rings. The highest BCUT2D eigenvalue weighted by Gasteiger charge is 2.29. The number of likely N-dealkylation sites (tertiary alicyclic amines) is 2. The van der Waals surface area contributed by atoms with Gasteiger partial charge >= 0.3 is 0 Å². The first kappa shape index (κ1) is 16.3. The number of benzene rings is 1. The summed E-state index contributed by atoms with van der Waals surface area (Å²) in [5, 5.41) is 0.738. The molecule has 0 aliphatic carbocycles. The van der Waals surface area contributed by atoms with E-state index in [1.165, 1.54) is 5.56 Å². The molecule has 2 saturated heterocycles. The molecule has 2 aliphatic rings. The molecule has 3 rings (SSSR count). The lowest BCUT2D eigenvalue weighted by Crippen LogP contribution is -2.41. The molecule has 0 aromatic heterocycles. The molecule has 23 heavy (non-hydrogen) atoms. The maximum absolute atomic E-state index is 12.5. The first-order valence-corrected chi connectivity index (χ1v) is 8.82. The summed E-state index contributed by atoms with van der Waals surface area (Å²) in [6.07, 6.45) is 4.57. The van der Waals surface area contributed by atoms with E-state index in [1.807, 2.05) is 23.1 Å². The molecule has 0 bridgehead atoms. The van der Waals surface area contributed by atoms with Gasteiger partial charge < -0.3 is 9.80 Å². The van der Waals surface area contributed by atoms with E-state index in [-0.39, 0.29) is 18.4 Å². The molecule has 2 heterocycles. The number of amides is 2. The fourth-order valence-corrected chi connectivity index (χ4v) is 3.69. The van der Waals surface area contributed by atoms with E-state index in [0.29, 0.717) is 12.3 Å². The number of nitrogens with zero attached hydrogens (tertiary/aromatic N) is 2. The highest BCUT2D eigenvalue weighted by atomic mass is 35.5. The van der Waals surface area contributed by atoms with Crippen LogP contribution in [0.4, 0.5) is 0 Å². The summed E-state index contributed by atoms with van der Waals surface area (Å²) in [6.45, 7) is 2.44. The Kier molecular flexibility index (Phi) is 5.21. The monoisotopic (exact) mass is 334 g/mol. The molecule has 0 spiro atoms. The van der Waals surface area contributed by atoms with Crippen molar-refractivity contribution in [2.75, 3.05) is 26.2 Å². The second-order valence-electron chi connectivity index (χ2n) is 6.51. The van der Waals surface area contributed by atoms with E-state index in [0.717, 1.165) is 50.3 Å². The van der Waals surface area contributed by atoms with Crippen molar-refractivity contribution in [1.82, 2.24) is 9.80 Å². The van der Waals surface area contributed by atoms with E-state index >= 15 is 0 Å². The molecule has 2 amide bonds. The Labute approximate surface area is 142 Å². The number of rotatable bonds is 3. The van der Waals surface area contributed by atoms with Crippen molar-refractivity contribution in [3.8, 4) is 0 Å². The van der Waals surface area contributed by atoms with Crippen molar-refractivity contribution >= 4 is 23.4 Å². The molecule has 0 radical (unpaired) electrons. The Morgan fingerprint density at radius 2 is 2.09 bits per heavy atom. The lowest BCUT2D eigenvalue weighted by atomic mass is 9.99. The molecule has 2 aliphatic heterocycles. The van der Waals surface area contributed by atoms with Gasteiger partial charge in [0.25, 0.3) is 0 Å². The molecule has 4 nitrogen and oxygen atoms in total. The summed E-state index contributed by atoms with van der Waals surface area (Å²) >= 11 is 6.06. The third-order valence-corrected chi connectivity index (χ3v) is 5.09. The van der Waals surface area contributed by atoms with Crippen molar-refractivity contribution in [3.63, 3.8) is 0 Å². The number of hydrogen-bond donors (Lipinski definition) is 0. The summed E-state index contributed by atoms with van der Waals surface area (Å²) < 4.78 is 0. The predicted molar refractivity (Wildman–Crippen MR) is 90.4 cm³/mol. The Morgan fingerprint density at radius 3 is 2.91 bits per heavy atom. The second kappa shape index (κ2) is 7.35. The van der Waals surface area contributed by atoms with Gasteiger partial charge in [-0.3, -0.25) is 9.59 Å². The number of carbonyl (C=O) groups is 2. The first-order valence-electron chi connectivity index (χ1n) is 8.44. The van der Waals surface area contributed by atoms with E-state index in [1.54, 1.807) is 4.90 Å². The molecule has 1 atom stereocenters. The van der Waals surface area contributed by atoms with Crippen molar-refractivity contribution in [3.05, 3.63) is 34.9 Å². The molecule has 1 unspecified atom stereocenters. The fraction of sp³-hybridized carbons (Fsp3) is 0.556. The van der Waals surface area contributed by atoms with Crippen LogP contribution in [0, 0.1) is 0 Å². The van der Waals surface area contributed by atoms with Gasteiger partial charge in [0.2, 0.25) is 11.8 Å². The van der Waals surface area contributed by atoms with Gasteiger partial charge in [-0.05, 0) is 37.0 Å². The van der Waals surface area contributed by atoms with Crippen LogP contribution >= 0.6 is 11.6 Å². The van der Waals surface area contributed by atoms with Crippen LogP contribution in [-0.2, 0) is 9.59 Å². The summed E-state index contributed by atoms with van der Waals surface area (Å²) in [7, 11) is 0. The van der Waals surface area contributed by atoms with Gasteiger partial charge in [-0.1, -0.05) is 30.2 Å². The van der Waals surface area contributed by atoms with Crippen LogP contribution in [0.25, 0.3) is 0 Å². The average molecular weight is 335 g/mol. The molecule has 0 N–H and O–H groups in total. The quantitative estimate of drug-likeness (QED) is 0.852. The van der Waals surface area contributed by atoms with Crippen LogP contribution in [0.1, 0.15) is 43.6 Å². The SMILES string of the molecule is O=C1CCCCCN1CC(=O)N1CCC(c2cccc(Cl)c2)C1. The zero-order chi connectivity index (χ0) is 16.2. The van der Waals surface area contributed by atoms with E-state index in [9.17, 15) is 9.59 Å². The second-order valence-corrected chi connectivity index (χ2v) is 6.94. The molecule has 0 saturated carbocycles. The zero-order valence-electron chi connectivity index (χ0n) is 13.3. The lowest BCUT2D eigenvalue weighted by molar-refractivity contribution is -0.139. The van der Waals surface area contributed by atoms with Gasteiger partial charge in [0, 0.05) is 37.0 Å². The van der Waals surface area contributed by atoms with Crippen molar-refractivity contribution in [2.45, 2.75) is 38.0 Å². The Morgan fingerprint density at radius 1 is 1.22 bits per heavy atom. The van der Waals surface area contributed by atoms with E-state index < -0.39 is 0 Å². The summed E-state index contributed by atoms with van der Waals surface area (Å²) in [6, 6.07) is 7.88. The maximum Gasteiger partial charge on any atom is 0.242 e. The van der Waals surface area contributed by atoms with Crippen LogP contribution in [-0.4, -0.2) is 47.8 Å². The smallest absolute Gasteiger partial charge is 0.242 e. The minimum atomic E-state index is 0.0739. The minimum Gasteiger partial charge on any atom is -0.341 e. The topological polar surface area (TPSA) is 40.6 Å². The van der Waals surface area contributed by atoms with Gasteiger partial charge in [0.1, 0.15) is 0 Å². The summed E-state index contributed by atoms with van der Waals surface area (Å²) in [5.41, 5.74) is 1.19. The van der Waals surface area contributed by atoms with Gasteiger partial charge in [-0.2, -0.15) is 0 Å². The lowest BCUT2D eigenvalue weighted by Gasteiger charge is -2.24. The van der Waals surface area contributed by atoms with E-state index in [4.69, 9.17) is 11.6 Å². The van der Waals surface area contributed by atoms with Crippen LogP contribution in [0.3, 0.4) is 0 Å². The third-order valence-electron chi connectivity index (χ3n) is 4.86. The van der Waals surface area contributed by atoms with Crippen molar-refractivity contribution < 1.29 is 9.59 Å². The van der Waals surface area contributed by atoms with Gasteiger partial charge in [-0.25, -0.2) is 0 Å². The van der Waals surface area contributed by atoms with Gasteiger partial charge in [-0.15, -0.1) is 0 Å². The van der Waals surface area contributed by atoms with Gasteiger partial charge in [0.15, 0.2) is 0 Å². The molecular formula is C18H23ClN2O2. The summed E-state index contributed by atoms with van der Waals surface area (Å²) in [4.78, 5) is 28.2. The number of hydrogen-bond acceptors (Lipinski definition) is 2. The zero-order valence-corrected chi connectivity index (χ0v) is 14.1. The summed E-state index contributed by atoms with van der Waals surface area (Å²) in [5.74, 6) is 0.545. The number of carbonyl (C=O) groups excluding carboxylic acids is 2. The molecule has 124 valence electrons. The van der Waals surface area contributed by atoms with E-state index in [2.05, 4.69) is 6.07 Å². The highest BCUT2D eigenvalue weighted by molar-refractivity contribution is 6.30. The van der Waals surface area contributed by atoms with Crippen molar-refractivity contribution in [1.29, 1.82) is 0 Å². The number of halogens is 1. The highest BCUT2D eigenvalue weighted by Crippen LogP contribution is 2.28. The maximum atomic E-state index is 12.5. The average Bonchev–Trinajstić information content (AvgIpc) is 2.95. The largest absolute Gasteiger partial charge is 0.341 e. The van der Waals surface area contributed by atoms with Crippen LogP contribution in [0.5, 0.6) is 0 Å². The van der Waals surface area contributed by atoms with Crippen LogP contribution in [0.2, 0.25) is 5.02 Å².